The summed E-state index contributed by atoms with van der Waals surface area (Å²) in [6.45, 7) is 10.1. The van der Waals surface area contributed by atoms with Crippen LogP contribution in [0.1, 0.15) is 54.4 Å². The highest BCUT2D eigenvalue weighted by molar-refractivity contribution is 5.90. The fraction of sp³-hybridized carbons (Fsp3) is 0.765. The summed E-state index contributed by atoms with van der Waals surface area (Å²) in [5, 5.41) is 5.08. The number of nitrogens with one attached hydrogen (secondary N) is 2. The third-order valence-corrected chi connectivity index (χ3v) is 3.17. The molecule has 0 aromatic carbocycles. The van der Waals surface area contributed by atoms with E-state index in [0.717, 1.165) is 0 Å². The molecule has 0 aliphatic carbocycles. The van der Waals surface area contributed by atoms with Gasteiger partial charge in [0.25, 0.3) is 0 Å². The van der Waals surface area contributed by atoms with Crippen molar-refractivity contribution in [2.75, 3.05) is 7.11 Å². The molecule has 0 bridgehead atoms. The number of carbonyl (C=O) groups excluding carboxylic acids is 4. The predicted molar refractivity (Wildman–Crippen MR) is 91.5 cm³/mol. The lowest BCUT2D eigenvalue weighted by Gasteiger charge is -2.24. The maximum absolute atomic E-state index is 12.4. The van der Waals surface area contributed by atoms with Crippen LogP contribution in [0.25, 0.3) is 0 Å². The normalized spacial score (nSPS) is 13.6. The van der Waals surface area contributed by atoms with Gasteiger partial charge >= 0.3 is 11.9 Å². The molecule has 2 atom stereocenters. The molecule has 0 unspecified atom stereocenters. The molecule has 0 rings (SSSR count). The van der Waals surface area contributed by atoms with Crippen LogP contribution < -0.4 is 10.6 Å². The number of rotatable bonds is 8. The fourth-order valence-corrected chi connectivity index (χ4v) is 2.06. The third kappa shape index (κ3) is 9.69. The Labute approximate surface area is 149 Å². The minimum Gasteiger partial charge on any atom is -0.467 e. The second-order valence-corrected chi connectivity index (χ2v) is 7.13. The van der Waals surface area contributed by atoms with Gasteiger partial charge < -0.3 is 20.1 Å². The second kappa shape index (κ2) is 10.0. The molecule has 0 radical (unpaired) electrons. The minimum atomic E-state index is -1.000. The monoisotopic (exact) mass is 358 g/mol. The van der Waals surface area contributed by atoms with Crippen LogP contribution in [0.5, 0.6) is 0 Å². The lowest BCUT2D eigenvalue weighted by atomic mass is 10.0. The fourth-order valence-electron chi connectivity index (χ4n) is 2.06. The molecule has 0 saturated heterocycles. The molecule has 0 aliphatic rings. The Morgan fingerprint density at radius 3 is 2.00 bits per heavy atom. The van der Waals surface area contributed by atoms with Crippen LogP contribution in [0.4, 0.5) is 0 Å². The Bertz CT molecular complexity index is 496. The highest BCUT2D eigenvalue weighted by atomic mass is 16.6. The molecule has 0 spiro atoms. The maximum atomic E-state index is 12.4. The Morgan fingerprint density at radius 1 is 1.04 bits per heavy atom. The van der Waals surface area contributed by atoms with E-state index in [2.05, 4.69) is 15.4 Å². The van der Waals surface area contributed by atoms with Gasteiger partial charge in [-0.3, -0.25) is 14.4 Å². The largest absolute Gasteiger partial charge is 0.467 e. The molecule has 0 aromatic heterocycles. The van der Waals surface area contributed by atoms with Crippen molar-refractivity contribution in [1.82, 2.24) is 10.6 Å². The molecular formula is C17H30N2O6. The van der Waals surface area contributed by atoms with E-state index in [1.54, 1.807) is 34.6 Å². The molecule has 8 heteroatoms. The average molecular weight is 358 g/mol. The summed E-state index contributed by atoms with van der Waals surface area (Å²) in [6.07, 6.45) is -0.0119. The molecular weight excluding hydrogens is 328 g/mol. The van der Waals surface area contributed by atoms with Crippen molar-refractivity contribution in [1.29, 1.82) is 0 Å². The zero-order valence-electron chi connectivity index (χ0n) is 16.1. The molecule has 0 heterocycles. The molecule has 25 heavy (non-hydrogen) atoms. The third-order valence-electron chi connectivity index (χ3n) is 3.17. The number of carbonyl (C=O) groups is 4. The quantitative estimate of drug-likeness (QED) is 0.625. The molecule has 0 fully saturated rings. The molecule has 0 saturated carbocycles. The van der Waals surface area contributed by atoms with E-state index in [-0.39, 0.29) is 24.7 Å². The van der Waals surface area contributed by atoms with Crippen molar-refractivity contribution < 1.29 is 28.7 Å². The number of hydrogen-bond donors (Lipinski definition) is 2. The zero-order chi connectivity index (χ0) is 19.8. The van der Waals surface area contributed by atoms with Crippen molar-refractivity contribution in [3.8, 4) is 0 Å². The molecule has 2 amide bonds. The zero-order valence-corrected chi connectivity index (χ0v) is 16.1. The second-order valence-electron chi connectivity index (χ2n) is 7.13. The Hall–Kier alpha value is -2.12. The summed E-state index contributed by atoms with van der Waals surface area (Å²) in [5.41, 5.74) is -0.630. The summed E-state index contributed by atoms with van der Waals surface area (Å²) in [4.78, 5) is 47.3. The van der Waals surface area contributed by atoms with Gasteiger partial charge in [-0.2, -0.15) is 0 Å². The summed E-state index contributed by atoms with van der Waals surface area (Å²) >= 11 is 0. The van der Waals surface area contributed by atoms with Crippen molar-refractivity contribution >= 4 is 23.8 Å². The van der Waals surface area contributed by atoms with Crippen LogP contribution >= 0.6 is 0 Å². The van der Waals surface area contributed by atoms with Crippen molar-refractivity contribution in [3.63, 3.8) is 0 Å². The van der Waals surface area contributed by atoms with Crippen LogP contribution in [0.15, 0.2) is 0 Å². The van der Waals surface area contributed by atoms with Gasteiger partial charge in [0.1, 0.15) is 17.7 Å². The Kier molecular flexibility index (Phi) is 9.16. The molecule has 0 aliphatic heterocycles. The van der Waals surface area contributed by atoms with Crippen LogP contribution in [0, 0.1) is 5.92 Å². The van der Waals surface area contributed by atoms with E-state index in [9.17, 15) is 19.2 Å². The van der Waals surface area contributed by atoms with E-state index in [0.29, 0.717) is 0 Å². The topological polar surface area (TPSA) is 111 Å². The predicted octanol–water partition coefficient (Wildman–Crippen LogP) is 0.927. The Morgan fingerprint density at radius 2 is 1.60 bits per heavy atom. The van der Waals surface area contributed by atoms with Gasteiger partial charge in [0.05, 0.1) is 7.11 Å². The van der Waals surface area contributed by atoms with Crippen LogP contribution in [0.2, 0.25) is 0 Å². The van der Waals surface area contributed by atoms with Gasteiger partial charge in [0, 0.05) is 13.3 Å². The van der Waals surface area contributed by atoms with Gasteiger partial charge in [-0.05, 0) is 33.1 Å². The summed E-state index contributed by atoms with van der Waals surface area (Å²) in [6, 6.07) is -1.79. The first-order valence-electron chi connectivity index (χ1n) is 8.24. The highest BCUT2D eigenvalue weighted by Gasteiger charge is 2.29. The van der Waals surface area contributed by atoms with Gasteiger partial charge in [-0.25, -0.2) is 4.79 Å². The first-order chi connectivity index (χ1) is 11.4. The number of methoxy groups -OCH3 is 1. The molecule has 144 valence electrons. The van der Waals surface area contributed by atoms with E-state index in [1.807, 2.05) is 0 Å². The summed E-state index contributed by atoms with van der Waals surface area (Å²) in [7, 11) is 1.20. The summed E-state index contributed by atoms with van der Waals surface area (Å²) in [5.74, 6) is -2.17. The van der Waals surface area contributed by atoms with Gasteiger partial charge in [0.2, 0.25) is 11.8 Å². The van der Waals surface area contributed by atoms with Crippen molar-refractivity contribution in [2.45, 2.75) is 72.1 Å². The maximum Gasteiger partial charge on any atom is 0.328 e. The van der Waals surface area contributed by atoms with E-state index < -0.39 is 35.5 Å². The standard InChI is InChI=1S/C17H30N2O6/c1-10(2)14(18-11(3)20)15(22)19-12(16(23)24-7)8-9-13(21)25-17(4,5)6/h10,12,14H,8-9H2,1-7H3,(H,18,20)(H,19,22)/t12-,14-/m1/s1. The lowest BCUT2D eigenvalue weighted by Crippen LogP contribution is -2.53. The first-order valence-corrected chi connectivity index (χ1v) is 8.24. The van der Waals surface area contributed by atoms with Crippen LogP contribution in [-0.4, -0.2) is 48.5 Å². The number of ether oxygens (including phenoxy) is 2. The minimum absolute atomic E-state index is 0.0399. The van der Waals surface area contributed by atoms with E-state index >= 15 is 0 Å². The van der Waals surface area contributed by atoms with Crippen LogP contribution in [-0.2, 0) is 28.7 Å². The van der Waals surface area contributed by atoms with Crippen molar-refractivity contribution in [3.05, 3.63) is 0 Å². The molecule has 2 N–H and O–H groups in total. The highest BCUT2D eigenvalue weighted by Crippen LogP contribution is 2.11. The number of amides is 2. The van der Waals surface area contributed by atoms with Crippen molar-refractivity contribution in [2.24, 2.45) is 5.92 Å². The molecule has 8 nitrogen and oxygen atoms in total. The van der Waals surface area contributed by atoms with Gasteiger partial charge in [0.15, 0.2) is 0 Å². The number of esters is 2. The van der Waals surface area contributed by atoms with E-state index in [1.165, 1.54) is 14.0 Å². The van der Waals surface area contributed by atoms with Gasteiger partial charge in [-0.1, -0.05) is 13.8 Å². The van der Waals surface area contributed by atoms with E-state index in [4.69, 9.17) is 4.74 Å². The average Bonchev–Trinajstić information content (AvgIpc) is 2.45. The SMILES string of the molecule is COC(=O)[C@@H](CCC(=O)OC(C)(C)C)NC(=O)[C@H](NC(C)=O)C(C)C. The number of hydrogen-bond acceptors (Lipinski definition) is 6. The Balaban J connectivity index is 4.92. The van der Waals surface area contributed by atoms with Gasteiger partial charge in [-0.15, -0.1) is 0 Å². The lowest BCUT2D eigenvalue weighted by molar-refractivity contribution is -0.155. The van der Waals surface area contributed by atoms with Crippen LogP contribution in [0.3, 0.4) is 0 Å². The summed E-state index contributed by atoms with van der Waals surface area (Å²) < 4.78 is 9.86. The first kappa shape index (κ1) is 22.9. The smallest absolute Gasteiger partial charge is 0.328 e. The molecule has 0 aromatic rings.